The minimum absolute atomic E-state index is 0.200. The van der Waals surface area contributed by atoms with Crippen LogP contribution >= 0.6 is 10.3 Å². The zero-order valence-corrected chi connectivity index (χ0v) is 14.2. The molecule has 1 nitrogen and oxygen atoms in total. The maximum absolute atomic E-state index is 6.33. The molecule has 0 saturated carbocycles. The standard InChI is InChI=1S/C15H22OS.C2H6/c1-15(2,3)17(4,5)16-14-11-10-12-8-6-7-9-13(12)14;1-2/h6-9,11H,10H2,1-5H3;1-2H3. The molecule has 0 saturated heterocycles. The van der Waals surface area contributed by atoms with Crippen molar-refractivity contribution in [3.8, 4) is 0 Å². The average Bonchev–Trinajstić information content (AvgIpc) is 2.74. The maximum atomic E-state index is 6.33. The van der Waals surface area contributed by atoms with E-state index in [9.17, 15) is 0 Å². The number of hydrogen-bond acceptors (Lipinski definition) is 1. The monoisotopic (exact) mass is 280 g/mol. The highest BCUT2D eigenvalue weighted by Crippen LogP contribution is 2.57. The third kappa shape index (κ3) is 3.56. The van der Waals surface area contributed by atoms with Gasteiger partial charge in [0.1, 0.15) is 5.76 Å². The molecule has 0 spiro atoms. The lowest BCUT2D eigenvalue weighted by atomic mass is 10.1. The number of rotatable bonds is 2. The molecule has 2 heteroatoms. The van der Waals surface area contributed by atoms with Gasteiger partial charge in [-0.15, -0.1) is 0 Å². The van der Waals surface area contributed by atoms with E-state index in [1.807, 2.05) is 13.8 Å². The van der Waals surface area contributed by atoms with Gasteiger partial charge in [-0.05, 0) is 51.3 Å². The summed E-state index contributed by atoms with van der Waals surface area (Å²) < 4.78 is 6.53. The summed E-state index contributed by atoms with van der Waals surface area (Å²) >= 11 is 0. The quantitative estimate of drug-likeness (QED) is 0.704. The third-order valence-electron chi connectivity index (χ3n) is 3.56. The first-order valence-corrected chi connectivity index (χ1v) is 9.39. The van der Waals surface area contributed by atoms with Gasteiger partial charge in [0.2, 0.25) is 0 Å². The van der Waals surface area contributed by atoms with Crippen LogP contribution in [-0.2, 0) is 10.6 Å². The molecule has 0 amide bonds. The van der Waals surface area contributed by atoms with Gasteiger partial charge in [0.15, 0.2) is 0 Å². The highest BCUT2D eigenvalue weighted by Gasteiger charge is 2.31. The summed E-state index contributed by atoms with van der Waals surface area (Å²) in [7, 11) is -1.09. The molecule has 2 rings (SSSR count). The lowest BCUT2D eigenvalue weighted by molar-refractivity contribution is 0.551. The molecule has 19 heavy (non-hydrogen) atoms. The van der Waals surface area contributed by atoms with Crippen LogP contribution < -0.4 is 0 Å². The third-order valence-corrected chi connectivity index (χ3v) is 7.11. The van der Waals surface area contributed by atoms with Gasteiger partial charge in [0.25, 0.3) is 0 Å². The van der Waals surface area contributed by atoms with E-state index in [-0.39, 0.29) is 4.75 Å². The molecule has 1 aliphatic carbocycles. The summed E-state index contributed by atoms with van der Waals surface area (Å²) in [6.45, 7) is 10.8. The van der Waals surface area contributed by atoms with E-state index in [1.54, 1.807) is 0 Å². The topological polar surface area (TPSA) is 9.23 Å². The molecule has 1 aliphatic rings. The molecule has 1 aromatic carbocycles. The predicted octanol–water partition coefficient (Wildman–Crippen LogP) is 5.40. The van der Waals surface area contributed by atoms with Gasteiger partial charge in [-0.3, -0.25) is 0 Å². The van der Waals surface area contributed by atoms with Crippen molar-refractivity contribution in [2.75, 3.05) is 12.5 Å². The van der Waals surface area contributed by atoms with Crippen molar-refractivity contribution in [2.45, 2.75) is 45.8 Å². The van der Waals surface area contributed by atoms with E-state index < -0.39 is 10.3 Å². The van der Waals surface area contributed by atoms with E-state index in [0.717, 1.165) is 12.2 Å². The minimum Gasteiger partial charge on any atom is -0.449 e. The normalized spacial score (nSPS) is 15.0. The molecular formula is C17H28OS. The van der Waals surface area contributed by atoms with Gasteiger partial charge < -0.3 is 4.18 Å². The molecule has 0 heterocycles. The first-order valence-electron chi connectivity index (χ1n) is 7.02. The fourth-order valence-electron chi connectivity index (χ4n) is 1.68. The number of benzene rings is 1. The maximum Gasteiger partial charge on any atom is 0.138 e. The first-order chi connectivity index (χ1) is 8.81. The molecule has 0 aliphatic heterocycles. The second kappa shape index (κ2) is 6.04. The van der Waals surface area contributed by atoms with Crippen molar-refractivity contribution in [1.82, 2.24) is 0 Å². The molecular weight excluding hydrogens is 252 g/mol. The average molecular weight is 280 g/mol. The van der Waals surface area contributed by atoms with Crippen LogP contribution in [0.25, 0.3) is 5.76 Å². The van der Waals surface area contributed by atoms with E-state index in [2.05, 4.69) is 63.6 Å². The van der Waals surface area contributed by atoms with Gasteiger partial charge in [-0.2, -0.15) is 0 Å². The van der Waals surface area contributed by atoms with Crippen molar-refractivity contribution >= 4 is 16.1 Å². The van der Waals surface area contributed by atoms with Crippen LogP contribution in [0.3, 0.4) is 0 Å². The van der Waals surface area contributed by atoms with E-state index in [4.69, 9.17) is 4.18 Å². The molecule has 0 aromatic heterocycles. The van der Waals surface area contributed by atoms with Gasteiger partial charge in [-0.1, -0.05) is 48.4 Å². The zero-order chi connectivity index (χ0) is 14.7. The molecule has 0 radical (unpaired) electrons. The molecule has 108 valence electrons. The molecule has 0 bridgehead atoms. The molecule has 0 atom stereocenters. The van der Waals surface area contributed by atoms with E-state index >= 15 is 0 Å². The van der Waals surface area contributed by atoms with Crippen LogP contribution in [-0.4, -0.2) is 17.3 Å². The van der Waals surface area contributed by atoms with Gasteiger partial charge in [0.05, 0.1) is 0 Å². The highest BCUT2D eigenvalue weighted by molar-refractivity contribution is 8.30. The van der Waals surface area contributed by atoms with Crippen molar-refractivity contribution in [2.24, 2.45) is 0 Å². The number of fused-ring (bicyclic) bond motifs is 1. The van der Waals surface area contributed by atoms with Crippen molar-refractivity contribution < 1.29 is 4.18 Å². The molecule has 0 fully saturated rings. The SMILES string of the molecule is CC.CC(C)(C)S(C)(C)OC1=CCc2ccccc21. The molecule has 0 N–H and O–H groups in total. The minimum atomic E-state index is -1.09. The summed E-state index contributed by atoms with van der Waals surface area (Å²) in [6.07, 6.45) is 7.71. The van der Waals surface area contributed by atoms with E-state index in [1.165, 1.54) is 11.1 Å². The van der Waals surface area contributed by atoms with Gasteiger partial charge in [0, 0.05) is 10.3 Å². The Morgan fingerprint density at radius 3 is 2.21 bits per heavy atom. The second-order valence-electron chi connectivity index (χ2n) is 5.86. The Balaban J connectivity index is 0.000000861. The largest absolute Gasteiger partial charge is 0.449 e. The van der Waals surface area contributed by atoms with Crippen LogP contribution in [0.4, 0.5) is 0 Å². The fraction of sp³-hybridized carbons (Fsp3) is 0.529. The molecule has 0 unspecified atom stereocenters. The second-order valence-corrected chi connectivity index (χ2v) is 9.72. The zero-order valence-electron chi connectivity index (χ0n) is 13.4. The van der Waals surface area contributed by atoms with Crippen molar-refractivity contribution in [3.63, 3.8) is 0 Å². The lowest BCUT2D eigenvalue weighted by Gasteiger charge is -2.44. The Morgan fingerprint density at radius 2 is 1.63 bits per heavy atom. The Kier molecular flexibility index (Phi) is 5.14. The Hall–Kier alpha value is -0.890. The number of allylic oxidation sites excluding steroid dienone is 1. The Labute approximate surface area is 120 Å². The van der Waals surface area contributed by atoms with Crippen LogP contribution in [0.5, 0.6) is 0 Å². The number of hydrogen-bond donors (Lipinski definition) is 0. The van der Waals surface area contributed by atoms with Crippen LogP contribution in [0.15, 0.2) is 30.3 Å². The van der Waals surface area contributed by atoms with Crippen LogP contribution in [0.2, 0.25) is 0 Å². The predicted molar refractivity (Wildman–Crippen MR) is 89.7 cm³/mol. The van der Waals surface area contributed by atoms with E-state index in [0.29, 0.717) is 0 Å². The van der Waals surface area contributed by atoms with Crippen molar-refractivity contribution in [1.29, 1.82) is 0 Å². The first kappa shape index (κ1) is 16.2. The lowest BCUT2D eigenvalue weighted by Crippen LogP contribution is -2.24. The summed E-state index contributed by atoms with van der Waals surface area (Å²) in [4.78, 5) is 0. The van der Waals surface area contributed by atoms with Gasteiger partial charge >= 0.3 is 0 Å². The smallest absolute Gasteiger partial charge is 0.138 e. The summed E-state index contributed by atoms with van der Waals surface area (Å²) in [6, 6.07) is 8.52. The van der Waals surface area contributed by atoms with Crippen molar-refractivity contribution in [3.05, 3.63) is 41.5 Å². The van der Waals surface area contributed by atoms with Gasteiger partial charge in [-0.25, -0.2) is 0 Å². The summed E-state index contributed by atoms with van der Waals surface area (Å²) in [5.41, 5.74) is 2.66. The fourth-order valence-corrected chi connectivity index (χ4v) is 2.54. The van der Waals surface area contributed by atoms with Crippen LogP contribution in [0.1, 0.15) is 45.7 Å². The van der Waals surface area contributed by atoms with Crippen LogP contribution in [0, 0.1) is 0 Å². The summed E-state index contributed by atoms with van der Waals surface area (Å²) in [5, 5.41) is 0. The Morgan fingerprint density at radius 1 is 1.05 bits per heavy atom. The molecule has 1 aromatic rings. The Bertz CT molecular complexity index is 453. The summed E-state index contributed by atoms with van der Waals surface area (Å²) in [5.74, 6) is 1.08. The highest BCUT2D eigenvalue weighted by atomic mass is 32.3.